The van der Waals surface area contributed by atoms with Crippen LogP contribution in [0.4, 0.5) is 0 Å². The fourth-order valence-electron chi connectivity index (χ4n) is 1.00. The number of nitrogens with zero attached hydrogens (tertiary/aromatic N) is 1. The number of carboxylic acids is 1. The molecular formula is C9H5Cl2NO2. The summed E-state index contributed by atoms with van der Waals surface area (Å²) in [6, 6.07) is 4.69. The molecule has 0 unspecified atom stereocenters. The van der Waals surface area contributed by atoms with E-state index in [1.165, 1.54) is 12.1 Å². The van der Waals surface area contributed by atoms with Crippen molar-refractivity contribution in [3.8, 4) is 6.07 Å². The number of carbonyl (C=O) groups is 1. The average Bonchev–Trinajstić information content (AvgIpc) is 2.11. The molecule has 1 aromatic rings. The van der Waals surface area contributed by atoms with Gasteiger partial charge >= 0.3 is 5.97 Å². The number of aliphatic carboxylic acids is 1. The van der Waals surface area contributed by atoms with Crippen LogP contribution in [0.25, 0.3) is 0 Å². The lowest BCUT2D eigenvalue weighted by atomic mass is 10.1. The van der Waals surface area contributed by atoms with Crippen LogP contribution in [0.2, 0.25) is 10.0 Å². The van der Waals surface area contributed by atoms with E-state index >= 15 is 0 Å². The number of rotatable bonds is 2. The van der Waals surface area contributed by atoms with Gasteiger partial charge in [0.05, 0.1) is 28.1 Å². The van der Waals surface area contributed by atoms with Gasteiger partial charge in [-0.2, -0.15) is 5.26 Å². The van der Waals surface area contributed by atoms with Crippen LogP contribution in [0.5, 0.6) is 0 Å². The van der Waals surface area contributed by atoms with Crippen molar-refractivity contribution >= 4 is 29.2 Å². The molecule has 0 fully saturated rings. The molecular weight excluding hydrogens is 225 g/mol. The summed E-state index contributed by atoms with van der Waals surface area (Å²) < 4.78 is 0. The summed E-state index contributed by atoms with van der Waals surface area (Å²) in [6.45, 7) is 0. The second-order valence-electron chi connectivity index (χ2n) is 2.61. The first-order valence-electron chi connectivity index (χ1n) is 3.64. The van der Waals surface area contributed by atoms with E-state index in [9.17, 15) is 4.79 Å². The Morgan fingerprint density at radius 2 is 2.14 bits per heavy atom. The van der Waals surface area contributed by atoms with Crippen molar-refractivity contribution in [2.75, 3.05) is 0 Å². The highest BCUT2D eigenvalue weighted by atomic mass is 35.5. The van der Waals surface area contributed by atoms with Crippen molar-refractivity contribution in [1.29, 1.82) is 5.26 Å². The Morgan fingerprint density at radius 1 is 1.50 bits per heavy atom. The third kappa shape index (κ3) is 2.38. The fraction of sp³-hybridized carbons (Fsp3) is 0.111. The number of hydrogen-bond donors (Lipinski definition) is 1. The molecule has 1 rings (SSSR count). The van der Waals surface area contributed by atoms with Gasteiger partial charge in [0.2, 0.25) is 0 Å². The van der Waals surface area contributed by atoms with Gasteiger partial charge in [0, 0.05) is 0 Å². The summed E-state index contributed by atoms with van der Waals surface area (Å²) in [6.07, 6.45) is -0.242. The Labute approximate surface area is 90.5 Å². The van der Waals surface area contributed by atoms with Gasteiger partial charge in [-0.25, -0.2) is 0 Å². The quantitative estimate of drug-likeness (QED) is 0.848. The second-order valence-corrected chi connectivity index (χ2v) is 3.40. The molecule has 1 aromatic carbocycles. The largest absolute Gasteiger partial charge is 0.481 e. The van der Waals surface area contributed by atoms with E-state index in [0.29, 0.717) is 11.1 Å². The maximum absolute atomic E-state index is 10.4. The normalized spacial score (nSPS) is 9.50. The van der Waals surface area contributed by atoms with Crippen molar-refractivity contribution in [1.82, 2.24) is 0 Å². The number of benzene rings is 1. The van der Waals surface area contributed by atoms with Crippen LogP contribution in [0.15, 0.2) is 12.1 Å². The molecule has 0 spiro atoms. The van der Waals surface area contributed by atoms with E-state index in [4.69, 9.17) is 33.6 Å². The number of hydrogen-bond acceptors (Lipinski definition) is 2. The van der Waals surface area contributed by atoms with E-state index < -0.39 is 5.97 Å². The molecule has 1 N–H and O–H groups in total. The third-order valence-electron chi connectivity index (χ3n) is 1.57. The Hall–Kier alpha value is -1.24. The summed E-state index contributed by atoms with van der Waals surface area (Å²) in [4.78, 5) is 10.4. The zero-order chi connectivity index (χ0) is 10.7. The van der Waals surface area contributed by atoms with E-state index in [0.717, 1.165) is 0 Å². The van der Waals surface area contributed by atoms with Gasteiger partial charge in [-0.05, 0) is 17.7 Å². The minimum atomic E-state index is -1.02. The highest BCUT2D eigenvalue weighted by molar-refractivity contribution is 6.42. The van der Waals surface area contributed by atoms with E-state index in [1.54, 1.807) is 0 Å². The van der Waals surface area contributed by atoms with Crippen LogP contribution in [-0.2, 0) is 11.2 Å². The predicted molar refractivity (Wildman–Crippen MR) is 52.5 cm³/mol. The minimum absolute atomic E-state index is 0.188. The van der Waals surface area contributed by atoms with Crippen molar-refractivity contribution in [2.45, 2.75) is 6.42 Å². The zero-order valence-electron chi connectivity index (χ0n) is 6.92. The Kier molecular flexibility index (Phi) is 3.34. The van der Waals surface area contributed by atoms with Crippen LogP contribution < -0.4 is 0 Å². The molecule has 72 valence electrons. The minimum Gasteiger partial charge on any atom is -0.481 e. The van der Waals surface area contributed by atoms with E-state index in [1.807, 2.05) is 6.07 Å². The first kappa shape index (κ1) is 10.8. The van der Waals surface area contributed by atoms with E-state index in [-0.39, 0.29) is 16.5 Å². The molecule has 5 heteroatoms. The van der Waals surface area contributed by atoms with Crippen LogP contribution in [-0.4, -0.2) is 11.1 Å². The van der Waals surface area contributed by atoms with Gasteiger partial charge in [0.15, 0.2) is 0 Å². The monoisotopic (exact) mass is 229 g/mol. The summed E-state index contributed by atoms with van der Waals surface area (Å²) in [7, 11) is 0. The summed E-state index contributed by atoms with van der Waals surface area (Å²) in [5.74, 6) is -1.02. The first-order chi connectivity index (χ1) is 6.54. The Morgan fingerprint density at radius 3 is 2.64 bits per heavy atom. The van der Waals surface area contributed by atoms with Gasteiger partial charge < -0.3 is 5.11 Å². The van der Waals surface area contributed by atoms with Crippen LogP contribution >= 0.6 is 23.2 Å². The number of carboxylic acid groups (broad SMARTS) is 1. The highest BCUT2D eigenvalue weighted by Gasteiger charge is 2.10. The lowest BCUT2D eigenvalue weighted by Crippen LogP contribution is -2.01. The smallest absolute Gasteiger partial charge is 0.307 e. The van der Waals surface area contributed by atoms with Crippen molar-refractivity contribution < 1.29 is 9.90 Å². The maximum Gasteiger partial charge on any atom is 0.307 e. The highest BCUT2D eigenvalue weighted by Crippen LogP contribution is 2.27. The van der Waals surface area contributed by atoms with Crippen LogP contribution in [0.1, 0.15) is 11.1 Å². The summed E-state index contributed by atoms with van der Waals surface area (Å²) in [5, 5.41) is 17.6. The van der Waals surface area contributed by atoms with Gasteiger partial charge in [-0.3, -0.25) is 4.79 Å². The van der Waals surface area contributed by atoms with Gasteiger partial charge in [0.1, 0.15) is 0 Å². The lowest BCUT2D eigenvalue weighted by molar-refractivity contribution is -0.136. The molecule has 0 bridgehead atoms. The molecule has 0 amide bonds. The molecule has 0 aliphatic carbocycles. The van der Waals surface area contributed by atoms with Gasteiger partial charge in [-0.1, -0.05) is 23.2 Å². The topological polar surface area (TPSA) is 61.1 Å². The summed E-state index contributed by atoms with van der Waals surface area (Å²) in [5.41, 5.74) is 0.652. The fourth-order valence-corrected chi connectivity index (χ4v) is 1.42. The molecule has 0 saturated heterocycles. The number of halogens is 2. The van der Waals surface area contributed by atoms with Gasteiger partial charge in [-0.15, -0.1) is 0 Å². The lowest BCUT2D eigenvalue weighted by Gasteiger charge is -2.03. The maximum atomic E-state index is 10.4. The van der Waals surface area contributed by atoms with Crippen molar-refractivity contribution in [3.63, 3.8) is 0 Å². The van der Waals surface area contributed by atoms with Crippen LogP contribution in [0.3, 0.4) is 0 Å². The standard InChI is InChI=1S/C9H5Cl2NO2/c10-7-2-5(4-12)1-6(9(7)11)3-8(13)14/h1-2H,3H2,(H,13,14). The molecule has 0 aromatic heterocycles. The van der Waals surface area contributed by atoms with Gasteiger partial charge in [0.25, 0.3) is 0 Å². The Bertz CT molecular complexity index is 424. The molecule has 3 nitrogen and oxygen atoms in total. The number of nitriles is 1. The summed E-state index contributed by atoms with van der Waals surface area (Å²) >= 11 is 11.5. The zero-order valence-corrected chi connectivity index (χ0v) is 8.43. The SMILES string of the molecule is N#Cc1cc(Cl)c(Cl)c(CC(=O)O)c1. The third-order valence-corrected chi connectivity index (χ3v) is 2.42. The Balaban J connectivity index is 3.21. The van der Waals surface area contributed by atoms with Crippen molar-refractivity contribution in [3.05, 3.63) is 33.3 Å². The molecule has 0 heterocycles. The molecule has 0 saturated carbocycles. The average molecular weight is 230 g/mol. The van der Waals surface area contributed by atoms with E-state index in [2.05, 4.69) is 0 Å². The second kappa shape index (κ2) is 4.32. The van der Waals surface area contributed by atoms with Crippen LogP contribution in [0, 0.1) is 11.3 Å². The predicted octanol–water partition coefficient (Wildman–Crippen LogP) is 2.49. The molecule has 14 heavy (non-hydrogen) atoms. The molecule has 0 aliphatic rings. The van der Waals surface area contributed by atoms with Crippen molar-refractivity contribution in [2.24, 2.45) is 0 Å². The molecule has 0 radical (unpaired) electrons. The molecule has 0 aliphatic heterocycles. The molecule has 0 atom stereocenters. The first-order valence-corrected chi connectivity index (χ1v) is 4.40.